The molecule has 1 heterocycles. The zero-order valence-corrected chi connectivity index (χ0v) is 16.3. The number of aromatic nitrogens is 3. The summed E-state index contributed by atoms with van der Waals surface area (Å²) in [6.45, 7) is 4.11. The summed E-state index contributed by atoms with van der Waals surface area (Å²) < 4.78 is 10.6. The maximum absolute atomic E-state index is 6.14. The van der Waals surface area contributed by atoms with Crippen LogP contribution in [0.5, 0.6) is 11.5 Å². The largest absolute Gasteiger partial charge is 0.495 e. The molecule has 0 saturated heterocycles. The molecule has 7 nitrogen and oxygen atoms in total. The molecule has 27 heavy (non-hydrogen) atoms. The molecule has 140 valence electrons. The topological polar surface area (TPSA) is 81.2 Å². The maximum atomic E-state index is 6.14. The van der Waals surface area contributed by atoms with Gasteiger partial charge in [-0.05, 0) is 31.0 Å². The minimum atomic E-state index is 0.313. The van der Waals surface area contributed by atoms with E-state index in [2.05, 4.69) is 45.7 Å². The number of benzene rings is 2. The first-order valence-electron chi connectivity index (χ1n) is 8.23. The molecule has 0 radical (unpaired) electrons. The van der Waals surface area contributed by atoms with Crippen molar-refractivity contribution < 1.29 is 9.47 Å². The van der Waals surface area contributed by atoms with Crippen molar-refractivity contribution in [2.75, 3.05) is 24.9 Å². The van der Waals surface area contributed by atoms with Gasteiger partial charge >= 0.3 is 0 Å². The Kier molecular flexibility index (Phi) is 5.61. The molecule has 0 unspecified atom stereocenters. The molecule has 2 aromatic carbocycles. The monoisotopic (exact) mass is 385 g/mol. The van der Waals surface area contributed by atoms with E-state index in [0.29, 0.717) is 34.0 Å². The zero-order chi connectivity index (χ0) is 19.4. The lowest BCUT2D eigenvalue weighted by Crippen LogP contribution is -2.04. The van der Waals surface area contributed by atoms with Gasteiger partial charge in [-0.1, -0.05) is 23.7 Å². The van der Waals surface area contributed by atoms with Crippen molar-refractivity contribution in [2.24, 2.45) is 0 Å². The van der Waals surface area contributed by atoms with Crippen LogP contribution < -0.4 is 20.1 Å². The van der Waals surface area contributed by atoms with Gasteiger partial charge in [-0.3, -0.25) is 0 Å². The molecule has 0 fully saturated rings. The smallest absolute Gasteiger partial charge is 0.249 e. The highest BCUT2D eigenvalue weighted by atomic mass is 35.5. The van der Waals surface area contributed by atoms with E-state index in [1.54, 1.807) is 32.5 Å². The molecule has 0 bridgehead atoms. The predicted molar refractivity (Wildman–Crippen MR) is 107 cm³/mol. The number of nitrogens with one attached hydrogen (secondary N) is 2. The van der Waals surface area contributed by atoms with E-state index in [0.717, 1.165) is 11.3 Å². The summed E-state index contributed by atoms with van der Waals surface area (Å²) in [5, 5.41) is 14.8. The average Bonchev–Trinajstić information content (AvgIpc) is 2.67. The summed E-state index contributed by atoms with van der Waals surface area (Å²) in [5.41, 5.74) is 3.92. The van der Waals surface area contributed by atoms with Gasteiger partial charge in [-0.25, -0.2) is 0 Å². The van der Waals surface area contributed by atoms with Gasteiger partial charge < -0.3 is 20.1 Å². The molecule has 0 saturated carbocycles. The number of aryl methyl sites for hydroxylation is 1. The summed E-state index contributed by atoms with van der Waals surface area (Å²) in [4.78, 5) is 4.46. The highest BCUT2D eigenvalue weighted by molar-refractivity contribution is 6.32. The molecule has 3 aromatic rings. The fraction of sp³-hybridized carbons (Fsp3) is 0.211. The number of nitrogens with zero attached hydrogens (tertiary/aromatic N) is 3. The molecule has 0 aliphatic heterocycles. The van der Waals surface area contributed by atoms with E-state index in [1.807, 2.05) is 12.1 Å². The average molecular weight is 386 g/mol. The first-order chi connectivity index (χ1) is 13.0. The normalized spacial score (nSPS) is 10.4. The Morgan fingerprint density at radius 1 is 0.963 bits per heavy atom. The van der Waals surface area contributed by atoms with Crippen molar-refractivity contribution >= 4 is 34.7 Å². The fourth-order valence-corrected chi connectivity index (χ4v) is 2.75. The number of hydrogen-bond donors (Lipinski definition) is 2. The quantitative estimate of drug-likeness (QED) is 0.639. The molecular weight excluding hydrogens is 366 g/mol. The third-order valence-corrected chi connectivity index (χ3v) is 4.44. The first kappa shape index (κ1) is 18.7. The van der Waals surface area contributed by atoms with E-state index in [9.17, 15) is 0 Å². The Hall–Kier alpha value is -3.06. The molecule has 1 aromatic heterocycles. The number of rotatable bonds is 6. The van der Waals surface area contributed by atoms with Gasteiger partial charge in [-0.2, -0.15) is 10.1 Å². The van der Waals surface area contributed by atoms with Crippen LogP contribution >= 0.6 is 11.6 Å². The Bertz CT molecular complexity index is 965. The second-order valence-corrected chi connectivity index (χ2v) is 6.26. The van der Waals surface area contributed by atoms with Crippen LogP contribution in [0.3, 0.4) is 0 Å². The number of hydrogen-bond acceptors (Lipinski definition) is 7. The third kappa shape index (κ3) is 4.20. The summed E-state index contributed by atoms with van der Waals surface area (Å²) >= 11 is 6.14. The lowest BCUT2D eigenvalue weighted by Gasteiger charge is -2.14. The van der Waals surface area contributed by atoms with E-state index in [1.165, 1.54) is 5.56 Å². The van der Waals surface area contributed by atoms with Crippen molar-refractivity contribution in [3.05, 3.63) is 52.7 Å². The van der Waals surface area contributed by atoms with Gasteiger partial charge in [0, 0.05) is 17.8 Å². The van der Waals surface area contributed by atoms with Gasteiger partial charge in [0.1, 0.15) is 11.5 Å². The summed E-state index contributed by atoms with van der Waals surface area (Å²) in [5.74, 6) is 1.93. The highest BCUT2D eigenvalue weighted by Crippen LogP contribution is 2.36. The molecule has 2 N–H and O–H groups in total. The highest BCUT2D eigenvalue weighted by Gasteiger charge is 2.12. The Balaban J connectivity index is 1.87. The van der Waals surface area contributed by atoms with Gasteiger partial charge in [-0.15, -0.1) is 5.10 Å². The van der Waals surface area contributed by atoms with Crippen LogP contribution in [0.4, 0.5) is 23.1 Å². The van der Waals surface area contributed by atoms with Crippen molar-refractivity contribution in [3.8, 4) is 11.5 Å². The van der Waals surface area contributed by atoms with Crippen LogP contribution in [0.1, 0.15) is 11.1 Å². The van der Waals surface area contributed by atoms with Crippen molar-refractivity contribution in [1.82, 2.24) is 15.2 Å². The molecule has 3 rings (SSSR count). The number of halogens is 1. The van der Waals surface area contributed by atoms with Gasteiger partial charge in [0.2, 0.25) is 5.95 Å². The Labute approximate surface area is 162 Å². The molecular formula is C19H20ClN5O2. The SMILES string of the molecule is COc1cc(Nc2nncc(Nc3cccc(C)c3C)n2)c(OC)cc1Cl. The second kappa shape index (κ2) is 8.09. The third-order valence-electron chi connectivity index (χ3n) is 4.15. The number of methoxy groups -OCH3 is 2. The second-order valence-electron chi connectivity index (χ2n) is 5.85. The summed E-state index contributed by atoms with van der Waals surface area (Å²) in [6.07, 6.45) is 1.56. The van der Waals surface area contributed by atoms with Crippen LogP contribution in [0.2, 0.25) is 5.02 Å². The summed E-state index contributed by atoms with van der Waals surface area (Å²) in [6, 6.07) is 9.42. The van der Waals surface area contributed by atoms with Crippen LogP contribution in [0.15, 0.2) is 36.5 Å². The lowest BCUT2D eigenvalue weighted by atomic mass is 10.1. The minimum Gasteiger partial charge on any atom is -0.495 e. The minimum absolute atomic E-state index is 0.313. The zero-order valence-electron chi connectivity index (χ0n) is 15.5. The van der Waals surface area contributed by atoms with E-state index < -0.39 is 0 Å². The molecule has 0 amide bonds. The van der Waals surface area contributed by atoms with Crippen LogP contribution in [0, 0.1) is 13.8 Å². The van der Waals surface area contributed by atoms with Crippen molar-refractivity contribution in [1.29, 1.82) is 0 Å². The maximum Gasteiger partial charge on any atom is 0.249 e. The van der Waals surface area contributed by atoms with E-state index in [4.69, 9.17) is 21.1 Å². The van der Waals surface area contributed by atoms with Crippen LogP contribution in [0.25, 0.3) is 0 Å². The van der Waals surface area contributed by atoms with Crippen molar-refractivity contribution in [2.45, 2.75) is 13.8 Å². The molecule has 0 aliphatic rings. The predicted octanol–water partition coefficient (Wildman–Crippen LogP) is 4.65. The lowest BCUT2D eigenvalue weighted by molar-refractivity contribution is 0.405. The first-order valence-corrected chi connectivity index (χ1v) is 8.61. The fourth-order valence-electron chi connectivity index (χ4n) is 2.52. The van der Waals surface area contributed by atoms with Crippen LogP contribution in [-0.4, -0.2) is 29.4 Å². The van der Waals surface area contributed by atoms with E-state index >= 15 is 0 Å². The molecule has 0 atom stereocenters. The van der Waals surface area contributed by atoms with Gasteiger partial charge in [0.15, 0.2) is 5.82 Å². The molecule has 8 heteroatoms. The Morgan fingerprint density at radius 2 is 1.74 bits per heavy atom. The van der Waals surface area contributed by atoms with Crippen LogP contribution in [-0.2, 0) is 0 Å². The molecule has 0 spiro atoms. The standard InChI is InChI=1S/C19H20ClN5O2/c1-11-6-5-7-14(12(11)2)22-18-10-21-25-19(24-18)23-15-9-16(26-3)13(20)8-17(15)27-4/h5-10H,1-4H3,(H2,22,23,24,25). The van der Waals surface area contributed by atoms with Gasteiger partial charge in [0.25, 0.3) is 0 Å². The van der Waals surface area contributed by atoms with Gasteiger partial charge in [0.05, 0.1) is 31.1 Å². The summed E-state index contributed by atoms with van der Waals surface area (Å²) in [7, 11) is 3.10. The van der Waals surface area contributed by atoms with Crippen molar-refractivity contribution in [3.63, 3.8) is 0 Å². The number of ether oxygens (including phenoxy) is 2. The molecule has 0 aliphatic carbocycles. The van der Waals surface area contributed by atoms with E-state index in [-0.39, 0.29) is 0 Å². The number of anilines is 4. The Morgan fingerprint density at radius 3 is 2.48 bits per heavy atom.